The molecule has 12 aromatic rings. The molecule has 2 nitrogen and oxygen atoms in total. The molecule has 2 aliphatic carbocycles. The Kier molecular flexibility index (Phi) is 8.24. The molecule has 2 heteroatoms. The lowest BCUT2D eigenvalue weighted by Gasteiger charge is -2.39. The Bertz CT molecular complexity index is 3980. The Morgan fingerprint density at radius 1 is 0.300 bits per heavy atom. The second-order valence-corrected chi connectivity index (χ2v) is 19.1. The lowest BCUT2D eigenvalue weighted by atomic mass is 9.65. The summed E-state index contributed by atoms with van der Waals surface area (Å²) in [5.74, 6) is 0. The smallest absolute Gasteiger partial charge is 0.0754 e. The van der Waals surface area contributed by atoms with Gasteiger partial charge in [0.25, 0.3) is 0 Å². The van der Waals surface area contributed by atoms with Gasteiger partial charge in [-0.25, -0.2) is 0 Å². The van der Waals surface area contributed by atoms with E-state index in [-0.39, 0.29) is 0 Å². The number of benzene rings is 11. The van der Waals surface area contributed by atoms with Crippen LogP contribution in [0.3, 0.4) is 0 Å². The van der Waals surface area contributed by atoms with Gasteiger partial charge in [-0.05, 0) is 115 Å². The van der Waals surface area contributed by atoms with Crippen LogP contribution in [-0.4, -0.2) is 4.57 Å². The summed E-state index contributed by atoms with van der Waals surface area (Å²) in [6, 6.07) is 99.7. The summed E-state index contributed by atoms with van der Waals surface area (Å²) in [5.41, 5.74) is 24.0. The highest BCUT2D eigenvalue weighted by molar-refractivity contribution is 6.14. The third-order valence-corrected chi connectivity index (χ3v) is 15.9. The monoisotopic (exact) mass is 888 g/mol. The maximum absolute atomic E-state index is 2.55. The van der Waals surface area contributed by atoms with Gasteiger partial charge in [-0.15, -0.1) is 0 Å². The van der Waals surface area contributed by atoms with Crippen LogP contribution in [0, 0.1) is 0 Å². The maximum atomic E-state index is 2.55. The summed E-state index contributed by atoms with van der Waals surface area (Å²) in [6.45, 7) is 0. The number of aromatic nitrogens is 1. The fourth-order valence-electron chi connectivity index (χ4n) is 13.2. The van der Waals surface area contributed by atoms with Gasteiger partial charge in [0.05, 0.1) is 33.2 Å². The van der Waals surface area contributed by atoms with Crippen LogP contribution in [0.5, 0.6) is 0 Å². The Balaban J connectivity index is 1.00. The van der Waals surface area contributed by atoms with Crippen LogP contribution in [-0.2, 0) is 10.8 Å². The second kappa shape index (κ2) is 14.8. The summed E-state index contributed by atoms with van der Waals surface area (Å²) in [6.07, 6.45) is 0. The molecule has 11 aromatic carbocycles. The summed E-state index contributed by atoms with van der Waals surface area (Å²) >= 11 is 0. The van der Waals surface area contributed by atoms with Crippen molar-refractivity contribution in [3.05, 3.63) is 311 Å². The summed E-state index contributed by atoms with van der Waals surface area (Å²) in [7, 11) is 0. The van der Waals surface area contributed by atoms with Gasteiger partial charge < -0.3 is 9.47 Å². The van der Waals surface area contributed by atoms with E-state index in [2.05, 4.69) is 276 Å². The molecule has 0 saturated heterocycles. The highest BCUT2D eigenvalue weighted by Crippen LogP contribution is 2.62. The zero-order valence-corrected chi connectivity index (χ0v) is 38.3. The zero-order valence-electron chi connectivity index (χ0n) is 38.3. The molecule has 1 spiro atoms. The van der Waals surface area contributed by atoms with Crippen LogP contribution >= 0.6 is 0 Å². The lowest BCUT2D eigenvalue weighted by Crippen LogP contribution is -2.33. The average molecular weight is 889 g/mol. The number of rotatable bonds is 6. The van der Waals surface area contributed by atoms with E-state index in [9.17, 15) is 0 Å². The van der Waals surface area contributed by atoms with Gasteiger partial charge in [-0.1, -0.05) is 224 Å². The highest BCUT2D eigenvalue weighted by Gasteiger charge is 2.51. The van der Waals surface area contributed by atoms with Crippen LogP contribution in [0.25, 0.3) is 60.9 Å². The molecule has 15 rings (SSSR count). The van der Waals surface area contributed by atoms with Crippen molar-refractivity contribution < 1.29 is 0 Å². The second-order valence-electron chi connectivity index (χ2n) is 19.1. The SMILES string of the molecule is c1ccc(-c2ccccc2N(c2ccc3c(c2)-c2ccccc2C3(c2ccccc2)c2ccccc2)c2ccc3c(c2)c2cccc4c2n3-c2ccccc2C42c3ccccc3-c3ccccc32)cc1. The van der Waals surface area contributed by atoms with E-state index in [4.69, 9.17) is 0 Å². The van der Waals surface area contributed by atoms with E-state index in [1.807, 2.05) is 0 Å². The molecule has 0 radical (unpaired) electrons. The lowest BCUT2D eigenvalue weighted by molar-refractivity contribution is 0.748. The molecule has 0 fully saturated rings. The van der Waals surface area contributed by atoms with Crippen molar-refractivity contribution in [3.63, 3.8) is 0 Å². The van der Waals surface area contributed by atoms with Crippen LogP contribution in [0.1, 0.15) is 44.5 Å². The molecule has 3 aliphatic rings. The third kappa shape index (κ3) is 5.07. The minimum atomic E-state index is -0.488. The van der Waals surface area contributed by atoms with Gasteiger partial charge >= 0.3 is 0 Å². The van der Waals surface area contributed by atoms with Crippen LogP contribution < -0.4 is 4.90 Å². The van der Waals surface area contributed by atoms with Gasteiger partial charge in [-0.3, -0.25) is 0 Å². The predicted molar refractivity (Wildman–Crippen MR) is 289 cm³/mol. The number of anilines is 3. The first kappa shape index (κ1) is 39.1. The Morgan fingerprint density at radius 3 is 1.46 bits per heavy atom. The molecule has 0 amide bonds. The fraction of sp³-hybridized carbons (Fsp3) is 0.0294. The van der Waals surface area contributed by atoms with Crippen LogP contribution in [0.2, 0.25) is 0 Å². The molecular weight excluding hydrogens is 845 g/mol. The van der Waals surface area contributed by atoms with E-state index < -0.39 is 10.8 Å². The number of hydrogen-bond donors (Lipinski definition) is 0. The van der Waals surface area contributed by atoms with E-state index in [1.165, 1.54) is 105 Å². The van der Waals surface area contributed by atoms with Crippen molar-refractivity contribution in [1.82, 2.24) is 4.57 Å². The van der Waals surface area contributed by atoms with Crippen LogP contribution in [0.4, 0.5) is 17.1 Å². The topological polar surface area (TPSA) is 8.17 Å². The van der Waals surface area contributed by atoms with Gasteiger partial charge in [0.1, 0.15) is 0 Å². The molecule has 0 unspecified atom stereocenters. The summed E-state index contributed by atoms with van der Waals surface area (Å²) < 4.78 is 2.55. The van der Waals surface area contributed by atoms with Gasteiger partial charge in [0.15, 0.2) is 0 Å². The minimum absolute atomic E-state index is 0.466. The maximum Gasteiger partial charge on any atom is 0.0754 e. The highest BCUT2D eigenvalue weighted by atomic mass is 15.1. The van der Waals surface area contributed by atoms with Crippen molar-refractivity contribution in [3.8, 4) is 39.1 Å². The molecule has 0 saturated carbocycles. The first-order chi connectivity index (χ1) is 34.8. The summed E-state index contributed by atoms with van der Waals surface area (Å²) in [5, 5.41) is 2.47. The molecule has 70 heavy (non-hydrogen) atoms. The average Bonchev–Trinajstić information content (AvgIpc) is 4.05. The first-order valence-corrected chi connectivity index (χ1v) is 24.4. The predicted octanol–water partition coefficient (Wildman–Crippen LogP) is 17.0. The van der Waals surface area contributed by atoms with Gasteiger partial charge in [0.2, 0.25) is 0 Å². The Hall–Kier alpha value is -8.98. The number of hydrogen-bond acceptors (Lipinski definition) is 1. The van der Waals surface area contributed by atoms with Crippen molar-refractivity contribution in [2.75, 3.05) is 4.90 Å². The van der Waals surface area contributed by atoms with E-state index in [0.29, 0.717) is 0 Å². The van der Waals surface area contributed by atoms with E-state index >= 15 is 0 Å². The van der Waals surface area contributed by atoms with Gasteiger partial charge in [-0.2, -0.15) is 0 Å². The number of para-hydroxylation sites is 3. The third-order valence-electron chi connectivity index (χ3n) is 15.9. The fourth-order valence-corrected chi connectivity index (χ4v) is 13.2. The van der Waals surface area contributed by atoms with Gasteiger partial charge in [0, 0.05) is 27.7 Å². The number of nitrogens with zero attached hydrogens (tertiary/aromatic N) is 2. The zero-order chi connectivity index (χ0) is 46.0. The summed E-state index contributed by atoms with van der Waals surface area (Å²) in [4.78, 5) is 2.50. The quantitative estimate of drug-likeness (QED) is 0.161. The standard InChI is InChI=1S/C68H44N2/c1-4-21-45(22-5-1)50-27-13-18-37-63(50)69(48-39-41-60-55(43-48)53-30-12-14-32-57(53)67(60,46-23-6-2-7-24-46)47-25-8-3-9-26-47)49-40-42-64-56(44-49)54-31-20-36-62-66(54)70(64)65-38-19-17-35-61(65)68(62)58-33-15-10-28-51(58)52-29-11-16-34-59(52)68/h1-44H. The van der Waals surface area contributed by atoms with Crippen molar-refractivity contribution in [1.29, 1.82) is 0 Å². The minimum Gasteiger partial charge on any atom is -0.310 e. The normalized spacial score (nSPS) is 13.9. The largest absolute Gasteiger partial charge is 0.310 e. The molecule has 1 aromatic heterocycles. The van der Waals surface area contributed by atoms with Crippen molar-refractivity contribution >= 4 is 38.9 Å². The molecule has 1 aliphatic heterocycles. The molecule has 0 bridgehead atoms. The van der Waals surface area contributed by atoms with E-state index in [0.717, 1.165) is 17.1 Å². The molecule has 0 N–H and O–H groups in total. The van der Waals surface area contributed by atoms with E-state index in [1.54, 1.807) is 0 Å². The molecule has 326 valence electrons. The molecule has 0 atom stereocenters. The first-order valence-electron chi connectivity index (χ1n) is 24.4. The number of fused-ring (bicyclic) bond motifs is 15. The molecule has 2 heterocycles. The Labute approximate surface area is 407 Å². The molecular formula is C68H44N2. The Morgan fingerprint density at radius 2 is 0.786 bits per heavy atom. The van der Waals surface area contributed by atoms with Crippen molar-refractivity contribution in [2.45, 2.75) is 10.8 Å². The van der Waals surface area contributed by atoms with Crippen molar-refractivity contribution in [2.24, 2.45) is 0 Å². The van der Waals surface area contributed by atoms with Crippen LogP contribution in [0.15, 0.2) is 267 Å².